The Bertz CT molecular complexity index is 621. The lowest BCUT2D eigenvalue weighted by Gasteiger charge is -2.22. The molecule has 0 saturated carbocycles. The lowest BCUT2D eigenvalue weighted by molar-refractivity contribution is -0.0536. The second kappa shape index (κ2) is 6.52. The summed E-state index contributed by atoms with van der Waals surface area (Å²) in [6.45, 7) is 1.05. The van der Waals surface area contributed by atoms with Gasteiger partial charge in [0.25, 0.3) is 0 Å². The van der Waals surface area contributed by atoms with Gasteiger partial charge in [0.1, 0.15) is 0 Å². The highest BCUT2D eigenvalue weighted by molar-refractivity contribution is 9.10. The van der Waals surface area contributed by atoms with E-state index >= 15 is 0 Å². The van der Waals surface area contributed by atoms with Crippen LogP contribution < -0.4 is 0 Å². The van der Waals surface area contributed by atoms with Crippen LogP contribution in [0.1, 0.15) is 21.8 Å². The molecule has 1 atom stereocenters. The van der Waals surface area contributed by atoms with E-state index in [1.54, 1.807) is 0 Å². The van der Waals surface area contributed by atoms with Crippen LogP contribution in [0.2, 0.25) is 0 Å². The molecule has 0 spiro atoms. The Hall–Kier alpha value is -1.49. The third-order valence-corrected chi connectivity index (χ3v) is 4.19. The highest BCUT2D eigenvalue weighted by Gasteiger charge is 2.35. The number of rotatable bonds is 4. The van der Waals surface area contributed by atoms with E-state index in [1.165, 1.54) is 0 Å². The maximum absolute atomic E-state index is 13.0. The first-order valence-corrected chi connectivity index (χ1v) is 7.63. The van der Waals surface area contributed by atoms with Gasteiger partial charge in [0.2, 0.25) is 0 Å². The molecule has 0 N–H and O–H groups in total. The fourth-order valence-electron chi connectivity index (χ4n) is 2.49. The third kappa shape index (κ3) is 3.07. The molecule has 3 nitrogen and oxygen atoms in total. The largest absolute Gasteiger partial charge is 0.349 e. The third-order valence-electron chi connectivity index (χ3n) is 3.50. The van der Waals surface area contributed by atoms with Gasteiger partial charge in [0.15, 0.2) is 12.1 Å². The lowest BCUT2D eigenvalue weighted by Crippen LogP contribution is -2.27. The molecule has 3 rings (SSSR count). The van der Waals surface area contributed by atoms with E-state index in [4.69, 9.17) is 9.47 Å². The van der Waals surface area contributed by atoms with Crippen molar-refractivity contribution in [3.8, 4) is 0 Å². The molecule has 1 heterocycles. The summed E-state index contributed by atoms with van der Waals surface area (Å²) in [6, 6.07) is 17.1. The Morgan fingerprint density at radius 1 is 1.00 bits per heavy atom. The van der Waals surface area contributed by atoms with Crippen molar-refractivity contribution in [1.29, 1.82) is 0 Å². The summed E-state index contributed by atoms with van der Waals surface area (Å²) in [6.07, 6.45) is -0.521. The molecule has 1 aliphatic heterocycles. The van der Waals surface area contributed by atoms with E-state index in [2.05, 4.69) is 15.9 Å². The van der Waals surface area contributed by atoms with Gasteiger partial charge in [-0.05, 0) is 11.6 Å². The van der Waals surface area contributed by atoms with Crippen LogP contribution in [0.15, 0.2) is 59.1 Å². The molecule has 0 aromatic heterocycles. The van der Waals surface area contributed by atoms with Crippen LogP contribution in [-0.4, -0.2) is 25.3 Å². The first-order chi connectivity index (χ1) is 10.3. The summed E-state index contributed by atoms with van der Waals surface area (Å²) in [4.78, 5) is 13.0. The summed E-state index contributed by atoms with van der Waals surface area (Å²) in [5.74, 6) is -0.451. The minimum Gasteiger partial charge on any atom is -0.349 e. The second-order valence-corrected chi connectivity index (χ2v) is 5.70. The van der Waals surface area contributed by atoms with Gasteiger partial charge in [-0.15, -0.1) is 0 Å². The number of hydrogen-bond donors (Lipinski definition) is 0. The van der Waals surface area contributed by atoms with Crippen LogP contribution in [0.3, 0.4) is 0 Å². The summed E-state index contributed by atoms with van der Waals surface area (Å²) in [5, 5.41) is 0. The van der Waals surface area contributed by atoms with Gasteiger partial charge in [-0.25, -0.2) is 0 Å². The van der Waals surface area contributed by atoms with Crippen LogP contribution in [0.5, 0.6) is 0 Å². The zero-order valence-electron chi connectivity index (χ0n) is 11.4. The topological polar surface area (TPSA) is 35.5 Å². The molecule has 0 bridgehead atoms. The highest BCUT2D eigenvalue weighted by Crippen LogP contribution is 2.31. The molecule has 108 valence electrons. The molecule has 21 heavy (non-hydrogen) atoms. The number of ether oxygens (including phenoxy) is 2. The highest BCUT2D eigenvalue weighted by atomic mass is 79.9. The Kier molecular flexibility index (Phi) is 4.48. The molecule has 1 saturated heterocycles. The molecule has 1 fully saturated rings. The minimum absolute atomic E-state index is 0.000532. The molecule has 0 aliphatic carbocycles. The standard InChI is InChI=1S/C17H15BrO3/c18-14-9-5-4-8-13(14)16(19)15(17-20-10-11-21-17)12-6-2-1-3-7-12/h1-9,15,17H,10-11H2. The Morgan fingerprint density at radius 3 is 2.29 bits per heavy atom. The van der Waals surface area contributed by atoms with E-state index in [0.717, 1.165) is 10.0 Å². The quantitative estimate of drug-likeness (QED) is 0.790. The van der Waals surface area contributed by atoms with Crippen molar-refractivity contribution in [2.45, 2.75) is 12.2 Å². The molecule has 4 heteroatoms. The SMILES string of the molecule is O=C(c1ccccc1Br)C(c1ccccc1)C1OCCO1. The van der Waals surface area contributed by atoms with Crippen molar-refractivity contribution >= 4 is 21.7 Å². The number of carbonyl (C=O) groups excluding carboxylic acids is 1. The van der Waals surface area contributed by atoms with E-state index in [0.29, 0.717) is 18.8 Å². The molecule has 1 aliphatic rings. The van der Waals surface area contributed by atoms with Crippen LogP contribution in [0.4, 0.5) is 0 Å². The molecule has 2 aromatic carbocycles. The Morgan fingerprint density at radius 2 is 1.62 bits per heavy atom. The smallest absolute Gasteiger partial charge is 0.176 e. The van der Waals surface area contributed by atoms with Gasteiger partial charge >= 0.3 is 0 Å². The molecular weight excluding hydrogens is 332 g/mol. The number of halogens is 1. The Balaban J connectivity index is 1.99. The fraction of sp³-hybridized carbons (Fsp3) is 0.235. The van der Waals surface area contributed by atoms with Gasteiger partial charge in [0.05, 0.1) is 19.1 Å². The van der Waals surface area contributed by atoms with Gasteiger partial charge in [0, 0.05) is 10.0 Å². The molecule has 2 aromatic rings. The van der Waals surface area contributed by atoms with Crippen molar-refractivity contribution in [1.82, 2.24) is 0 Å². The number of benzene rings is 2. The first-order valence-electron chi connectivity index (χ1n) is 6.84. The van der Waals surface area contributed by atoms with Gasteiger partial charge in [-0.1, -0.05) is 64.5 Å². The normalized spacial score (nSPS) is 16.8. The van der Waals surface area contributed by atoms with E-state index in [-0.39, 0.29) is 5.78 Å². The minimum atomic E-state index is -0.521. The molecule has 1 unspecified atom stereocenters. The van der Waals surface area contributed by atoms with Crippen LogP contribution >= 0.6 is 15.9 Å². The van der Waals surface area contributed by atoms with Gasteiger partial charge in [-0.3, -0.25) is 4.79 Å². The van der Waals surface area contributed by atoms with Crippen LogP contribution in [-0.2, 0) is 9.47 Å². The molecular formula is C17H15BrO3. The number of Topliss-reactive ketones (excluding diaryl/α,β-unsaturated/α-hetero) is 1. The van der Waals surface area contributed by atoms with Crippen molar-refractivity contribution in [3.63, 3.8) is 0 Å². The zero-order valence-corrected chi connectivity index (χ0v) is 13.0. The maximum Gasteiger partial charge on any atom is 0.176 e. The average molecular weight is 347 g/mol. The second-order valence-electron chi connectivity index (χ2n) is 4.84. The van der Waals surface area contributed by atoms with E-state index in [1.807, 2.05) is 54.6 Å². The summed E-state index contributed by atoms with van der Waals surface area (Å²) >= 11 is 3.44. The predicted octanol–water partition coefficient (Wildman–Crippen LogP) is 3.79. The number of ketones is 1. The van der Waals surface area contributed by atoms with Crippen LogP contribution in [0, 0.1) is 0 Å². The van der Waals surface area contributed by atoms with Crippen molar-refractivity contribution in [2.24, 2.45) is 0 Å². The van der Waals surface area contributed by atoms with Crippen molar-refractivity contribution in [3.05, 3.63) is 70.2 Å². The lowest BCUT2D eigenvalue weighted by atomic mass is 9.90. The van der Waals surface area contributed by atoms with Crippen molar-refractivity contribution in [2.75, 3.05) is 13.2 Å². The van der Waals surface area contributed by atoms with Crippen molar-refractivity contribution < 1.29 is 14.3 Å². The zero-order chi connectivity index (χ0) is 14.7. The van der Waals surface area contributed by atoms with Crippen LogP contribution in [0.25, 0.3) is 0 Å². The molecule has 0 amide bonds. The van der Waals surface area contributed by atoms with Gasteiger partial charge < -0.3 is 9.47 Å². The summed E-state index contributed by atoms with van der Waals surface area (Å²) in [5.41, 5.74) is 1.55. The predicted molar refractivity (Wildman–Crippen MR) is 83.3 cm³/mol. The summed E-state index contributed by atoms with van der Waals surface area (Å²) < 4.78 is 12.0. The molecule has 0 radical (unpaired) electrons. The fourth-order valence-corrected chi connectivity index (χ4v) is 2.97. The number of hydrogen-bond acceptors (Lipinski definition) is 3. The van der Waals surface area contributed by atoms with E-state index in [9.17, 15) is 4.79 Å². The van der Waals surface area contributed by atoms with E-state index < -0.39 is 12.2 Å². The maximum atomic E-state index is 13.0. The monoisotopic (exact) mass is 346 g/mol. The number of carbonyl (C=O) groups is 1. The van der Waals surface area contributed by atoms with Gasteiger partial charge in [-0.2, -0.15) is 0 Å². The first kappa shape index (κ1) is 14.4. The Labute approximate surface area is 132 Å². The average Bonchev–Trinajstić information content (AvgIpc) is 3.03. The summed E-state index contributed by atoms with van der Waals surface area (Å²) in [7, 11) is 0.